The van der Waals surface area contributed by atoms with Crippen LogP contribution in [0.15, 0.2) is 34.4 Å². The average molecular weight is 358 g/mol. The van der Waals surface area contributed by atoms with Gasteiger partial charge in [-0.25, -0.2) is 0 Å². The minimum atomic E-state index is -0.559. The fraction of sp³-hybridized carbons (Fsp3) is 0.222. The molecule has 2 aromatic heterocycles. The average Bonchev–Trinajstić information content (AvgIpc) is 3.01. The fourth-order valence-corrected chi connectivity index (χ4v) is 3.76. The van der Waals surface area contributed by atoms with Gasteiger partial charge in [0.2, 0.25) is 0 Å². The zero-order valence-electron chi connectivity index (χ0n) is 14.4. The van der Waals surface area contributed by atoms with Crippen LogP contribution >= 0.6 is 11.3 Å². The van der Waals surface area contributed by atoms with Gasteiger partial charge in [-0.3, -0.25) is 9.59 Å². The van der Waals surface area contributed by atoms with Gasteiger partial charge in [-0.15, -0.1) is 11.3 Å². The molecule has 6 nitrogen and oxygen atoms in total. The van der Waals surface area contributed by atoms with Crippen molar-refractivity contribution in [2.75, 3.05) is 19.1 Å². The predicted molar refractivity (Wildman–Crippen MR) is 99.2 cm³/mol. The molecule has 3 aromatic rings. The molecular weight excluding hydrogens is 340 g/mol. The molecule has 7 heteroatoms. The Kier molecular flexibility index (Phi) is 4.26. The van der Waals surface area contributed by atoms with Crippen LogP contribution in [0.1, 0.15) is 15.9 Å². The van der Waals surface area contributed by atoms with Crippen LogP contribution in [0.25, 0.3) is 10.2 Å². The lowest BCUT2D eigenvalue weighted by Crippen LogP contribution is -2.33. The zero-order chi connectivity index (χ0) is 18.3. The Morgan fingerprint density at radius 1 is 1.28 bits per heavy atom. The van der Waals surface area contributed by atoms with Crippen molar-refractivity contribution in [1.82, 2.24) is 4.57 Å². The number of aryl methyl sites for hydroxylation is 2. The van der Waals surface area contributed by atoms with E-state index in [0.717, 1.165) is 5.56 Å². The molecule has 0 radical (unpaired) electrons. The van der Waals surface area contributed by atoms with E-state index in [-0.39, 0.29) is 11.3 Å². The molecule has 0 spiro atoms. The number of aromatic nitrogens is 1. The number of amides is 1. The Labute approximate surface area is 148 Å². The lowest BCUT2D eigenvalue weighted by atomic mass is 10.1. The minimum absolute atomic E-state index is 0.227. The molecular formula is C18H18N2O4S. The second-order valence-corrected chi connectivity index (χ2v) is 6.61. The van der Waals surface area contributed by atoms with Crippen LogP contribution in [-0.2, 0) is 7.05 Å². The van der Waals surface area contributed by atoms with Crippen LogP contribution in [0.5, 0.6) is 11.5 Å². The highest BCUT2D eigenvalue weighted by molar-refractivity contribution is 7.17. The molecule has 0 fully saturated rings. The maximum atomic E-state index is 12.9. The zero-order valence-corrected chi connectivity index (χ0v) is 15.2. The van der Waals surface area contributed by atoms with E-state index < -0.39 is 11.5 Å². The lowest BCUT2D eigenvalue weighted by Gasteiger charge is -2.19. The number of pyridine rings is 1. The molecule has 3 rings (SSSR count). The van der Waals surface area contributed by atoms with Crippen molar-refractivity contribution < 1.29 is 14.6 Å². The first kappa shape index (κ1) is 17.0. The maximum Gasteiger partial charge on any atom is 0.268 e. The van der Waals surface area contributed by atoms with Crippen LogP contribution in [0, 0.1) is 6.92 Å². The largest absolute Gasteiger partial charge is 0.506 e. The normalized spacial score (nSPS) is 10.9. The highest BCUT2D eigenvalue weighted by atomic mass is 32.1. The number of rotatable bonds is 3. The van der Waals surface area contributed by atoms with Crippen molar-refractivity contribution in [2.45, 2.75) is 6.92 Å². The monoisotopic (exact) mass is 358 g/mol. The second kappa shape index (κ2) is 6.25. The second-order valence-electron chi connectivity index (χ2n) is 5.75. The van der Waals surface area contributed by atoms with E-state index in [0.29, 0.717) is 21.7 Å². The molecule has 1 aromatic carbocycles. The van der Waals surface area contributed by atoms with E-state index in [9.17, 15) is 14.7 Å². The van der Waals surface area contributed by atoms with Gasteiger partial charge in [0.05, 0.1) is 12.5 Å². The summed E-state index contributed by atoms with van der Waals surface area (Å²) in [5, 5.41) is 13.0. The van der Waals surface area contributed by atoms with Gasteiger partial charge >= 0.3 is 0 Å². The third-order valence-corrected chi connectivity index (χ3v) is 5.40. The standard InChI is InChI=1S/C18H18N2O4S/c1-10-9-25-18-13(10)15(21)14(17(23)20(18)3)16(22)19(2)11-5-7-12(24-4)8-6-11/h5-9,21H,1-4H3. The molecule has 0 unspecified atom stereocenters. The van der Waals surface area contributed by atoms with Gasteiger partial charge in [0, 0.05) is 19.8 Å². The molecule has 0 bridgehead atoms. The maximum absolute atomic E-state index is 12.9. The molecule has 0 aliphatic heterocycles. The van der Waals surface area contributed by atoms with E-state index in [1.54, 1.807) is 45.5 Å². The number of carbonyl (C=O) groups excluding carboxylic acids is 1. The number of nitrogens with zero attached hydrogens (tertiary/aromatic N) is 2. The summed E-state index contributed by atoms with van der Waals surface area (Å²) >= 11 is 1.36. The number of aromatic hydroxyl groups is 1. The molecule has 1 amide bonds. The van der Waals surface area contributed by atoms with Crippen molar-refractivity contribution in [3.8, 4) is 11.5 Å². The molecule has 0 atom stereocenters. The van der Waals surface area contributed by atoms with Gasteiger partial charge in [-0.05, 0) is 42.1 Å². The Morgan fingerprint density at radius 3 is 2.52 bits per heavy atom. The van der Waals surface area contributed by atoms with Crippen molar-refractivity contribution in [3.05, 3.63) is 51.1 Å². The summed E-state index contributed by atoms with van der Waals surface area (Å²) in [5.74, 6) is -0.156. The summed E-state index contributed by atoms with van der Waals surface area (Å²) in [6.07, 6.45) is 0. The molecule has 0 aliphatic rings. The summed E-state index contributed by atoms with van der Waals surface area (Å²) in [6, 6.07) is 6.88. The number of hydrogen-bond donors (Lipinski definition) is 1. The first-order chi connectivity index (χ1) is 11.9. The topological polar surface area (TPSA) is 71.8 Å². The van der Waals surface area contributed by atoms with Crippen molar-refractivity contribution in [1.29, 1.82) is 0 Å². The minimum Gasteiger partial charge on any atom is -0.506 e. The van der Waals surface area contributed by atoms with Gasteiger partial charge in [-0.2, -0.15) is 0 Å². The van der Waals surface area contributed by atoms with Crippen molar-refractivity contribution in [2.24, 2.45) is 7.05 Å². The first-order valence-electron chi connectivity index (χ1n) is 7.58. The Bertz CT molecular complexity index is 1020. The summed E-state index contributed by atoms with van der Waals surface area (Å²) in [7, 11) is 4.72. The van der Waals surface area contributed by atoms with Gasteiger partial charge in [-0.1, -0.05) is 0 Å². The van der Waals surface area contributed by atoms with Crippen molar-refractivity contribution in [3.63, 3.8) is 0 Å². The van der Waals surface area contributed by atoms with Crippen molar-refractivity contribution >= 4 is 33.1 Å². The van der Waals surface area contributed by atoms with Crippen LogP contribution in [0.3, 0.4) is 0 Å². The summed E-state index contributed by atoms with van der Waals surface area (Å²) in [5.41, 5.74) is 0.677. The quantitative estimate of drug-likeness (QED) is 0.781. The molecule has 0 saturated heterocycles. The van der Waals surface area contributed by atoms with E-state index in [1.165, 1.54) is 20.8 Å². The van der Waals surface area contributed by atoms with Gasteiger partial charge < -0.3 is 19.3 Å². The van der Waals surface area contributed by atoms with Crippen LogP contribution in [0.4, 0.5) is 5.69 Å². The Hall–Kier alpha value is -2.80. The van der Waals surface area contributed by atoms with E-state index in [2.05, 4.69) is 0 Å². The molecule has 25 heavy (non-hydrogen) atoms. The lowest BCUT2D eigenvalue weighted by molar-refractivity contribution is 0.0988. The number of benzene rings is 1. The third kappa shape index (κ3) is 2.66. The molecule has 2 heterocycles. The van der Waals surface area contributed by atoms with Gasteiger partial charge in [0.15, 0.2) is 0 Å². The molecule has 0 aliphatic carbocycles. The number of thiophene rings is 1. The summed E-state index contributed by atoms with van der Waals surface area (Å²) in [6.45, 7) is 1.84. The SMILES string of the molecule is COc1ccc(N(C)C(=O)c2c(O)c3c(C)csc3n(C)c2=O)cc1. The highest BCUT2D eigenvalue weighted by Gasteiger charge is 2.26. The summed E-state index contributed by atoms with van der Waals surface area (Å²) in [4.78, 5) is 27.5. The number of fused-ring (bicyclic) bond motifs is 1. The van der Waals surface area contributed by atoms with Crippen LogP contribution in [-0.4, -0.2) is 29.7 Å². The van der Waals surface area contributed by atoms with Crippen LogP contribution < -0.4 is 15.2 Å². The fourth-order valence-electron chi connectivity index (χ4n) is 2.74. The first-order valence-corrected chi connectivity index (χ1v) is 8.46. The van der Waals surface area contributed by atoms with E-state index >= 15 is 0 Å². The smallest absolute Gasteiger partial charge is 0.268 e. The highest BCUT2D eigenvalue weighted by Crippen LogP contribution is 2.34. The Morgan fingerprint density at radius 2 is 1.92 bits per heavy atom. The predicted octanol–water partition coefficient (Wildman–Crippen LogP) is 2.90. The van der Waals surface area contributed by atoms with Gasteiger partial charge in [0.1, 0.15) is 21.9 Å². The Balaban J connectivity index is 2.13. The third-order valence-electron chi connectivity index (χ3n) is 4.23. The van der Waals surface area contributed by atoms with Crippen LogP contribution in [0.2, 0.25) is 0 Å². The van der Waals surface area contributed by atoms with E-state index in [1.807, 2.05) is 12.3 Å². The number of anilines is 1. The molecule has 0 saturated carbocycles. The molecule has 130 valence electrons. The summed E-state index contributed by atoms with van der Waals surface area (Å²) < 4.78 is 6.51. The molecule has 1 N–H and O–H groups in total. The number of ether oxygens (including phenoxy) is 1. The van der Waals surface area contributed by atoms with E-state index in [4.69, 9.17) is 4.74 Å². The number of methoxy groups -OCH3 is 1. The van der Waals surface area contributed by atoms with Gasteiger partial charge in [0.25, 0.3) is 11.5 Å². The number of hydrogen-bond acceptors (Lipinski definition) is 5. The number of carbonyl (C=O) groups is 1.